The smallest absolute Gasteiger partial charge is 0.0638 e. The van der Waals surface area contributed by atoms with Crippen molar-refractivity contribution >= 4 is 15.9 Å². The summed E-state index contributed by atoms with van der Waals surface area (Å²) in [6, 6.07) is 0. The van der Waals surface area contributed by atoms with Crippen LogP contribution < -0.4 is 0 Å². The molecule has 1 N–H and O–H groups in total. The van der Waals surface area contributed by atoms with Crippen LogP contribution >= 0.6 is 15.9 Å². The van der Waals surface area contributed by atoms with Crippen molar-refractivity contribution in [3.05, 3.63) is 0 Å². The van der Waals surface area contributed by atoms with Gasteiger partial charge in [0.2, 0.25) is 0 Å². The summed E-state index contributed by atoms with van der Waals surface area (Å²) in [6.07, 6.45) is 9.21. The lowest BCUT2D eigenvalue weighted by Crippen LogP contribution is -2.28. The molecule has 16 heavy (non-hydrogen) atoms. The molecule has 0 heterocycles. The number of likely N-dealkylation sites (N-methyl/N-ethyl adjacent to an activating group) is 1. The predicted molar refractivity (Wildman–Crippen MR) is 75.3 cm³/mol. The summed E-state index contributed by atoms with van der Waals surface area (Å²) in [6.45, 7) is 3.76. The van der Waals surface area contributed by atoms with Crippen LogP contribution in [0.5, 0.6) is 0 Å². The van der Waals surface area contributed by atoms with E-state index in [1.54, 1.807) is 0 Å². The average molecular weight is 294 g/mol. The number of aliphatic hydroxyl groups excluding tert-OH is 1. The van der Waals surface area contributed by atoms with Crippen molar-refractivity contribution in [2.75, 3.05) is 25.5 Å². The normalized spacial score (nSPS) is 13.3. The Kier molecular flexibility index (Phi) is 12.2. The summed E-state index contributed by atoms with van der Waals surface area (Å²) in [4.78, 5) is 2.22. The molecule has 0 bridgehead atoms. The van der Waals surface area contributed by atoms with Crippen LogP contribution in [0.2, 0.25) is 0 Å². The number of hydrogen-bond donors (Lipinski definition) is 1. The summed E-state index contributed by atoms with van der Waals surface area (Å²) in [5.74, 6) is 0. The van der Waals surface area contributed by atoms with Crippen LogP contribution in [-0.4, -0.2) is 41.6 Å². The molecule has 3 heteroatoms. The van der Waals surface area contributed by atoms with Crippen molar-refractivity contribution in [1.82, 2.24) is 4.90 Å². The molecule has 0 aromatic rings. The molecule has 0 amide bonds. The topological polar surface area (TPSA) is 23.5 Å². The molecule has 0 fully saturated rings. The van der Waals surface area contributed by atoms with E-state index in [-0.39, 0.29) is 6.10 Å². The van der Waals surface area contributed by atoms with E-state index >= 15 is 0 Å². The molecule has 98 valence electrons. The molecule has 0 spiro atoms. The summed E-state index contributed by atoms with van der Waals surface area (Å²) in [5.41, 5.74) is 0. The maximum atomic E-state index is 9.20. The van der Waals surface area contributed by atoms with E-state index in [0.29, 0.717) is 0 Å². The first-order valence-corrected chi connectivity index (χ1v) is 7.71. The van der Waals surface area contributed by atoms with Crippen LogP contribution in [0, 0.1) is 0 Å². The third-order valence-electron chi connectivity index (χ3n) is 2.75. The Morgan fingerprint density at radius 2 is 1.50 bits per heavy atom. The minimum absolute atomic E-state index is 0.200. The van der Waals surface area contributed by atoms with Gasteiger partial charge in [-0.15, -0.1) is 0 Å². The molecule has 0 rings (SSSR count). The van der Waals surface area contributed by atoms with Gasteiger partial charge in [0.15, 0.2) is 0 Å². The lowest BCUT2D eigenvalue weighted by Gasteiger charge is -2.17. The first kappa shape index (κ1) is 16.4. The Labute approximate surface area is 110 Å². The van der Waals surface area contributed by atoms with E-state index in [1.165, 1.54) is 44.9 Å². The summed E-state index contributed by atoms with van der Waals surface area (Å²) < 4.78 is 0. The van der Waals surface area contributed by atoms with Crippen molar-refractivity contribution in [1.29, 1.82) is 0 Å². The van der Waals surface area contributed by atoms with Gasteiger partial charge < -0.3 is 10.0 Å². The molecule has 0 aromatic carbocycles. The molecule has 0 saturated carbocycles. The third-order valence-corrected chi connectivity index (χ3v) is 3.31. The first-order chi connectivity index (χ1) is 7.66. The fourth-order valence-electron chi connectivity index (χ4n) is 1.90. The van der Waals surface area contributed by atoms with Crippen LogP contribution in [0.3, 0.4) is 0 Å². The Morgan fingerprint density at radius 1 is 1.00 bits per heavy atom. The fraction of sp³-hybridized carbons (Fsp3) is 1.00. The van der Waals surface area contributed by atoms with Crippen molar-refractivity contribution in [3.8, 4) is 0 Å². The Hall–Kier alpha value is 0.400. The van der Waals surface area contributed by atoms with E-state index < -0.39 is 0 Å². The van der Waals surface area contributed by atoms with Gasteiger partial charge in [0.25, 0.3) is 0 Å². The van der Waals surface area contributed by atoms with Gasteiger partial charge in [0, 0.05) is 11.9 Å². The molecule has 1 unspecified atom stereocenters. The molecule has 0 radical (unpaired) electrons. The number of unbranched alkanes of at least 4 members (excludes halogenated alkanes) is 6. The molecule has 0 aliphatic carbocycles. The predicted octanol–water partition coefficient (Wildman–Crippen LogP) is 3.42. The van der Waals surface area contributed by atoms with Gasteiger partial charge in [-0.3, -0.25) is 0 Å². The Balaban J connectivity index is 3.08. The van der Waals surface area contributed by atoms with Gasteiger partial charge in [-0.25, -0.2) is 0 Å². The van der Waals surface area contributed by atoms with Crippen molar-refractivity contribution in [2.45, 2.75) is 58.0 Å². The quantitative estimate of drug-likeness (QED) is 0.466. The lowest BCUT2D eigenvalue weighted by molar-refractivity contribution is 0.140. The maximum Gasteiger partial charge on any atom is 0.0638 e. The zero-order valence-corrected chi connectivity index (χ0v) is 12.5. The summed E-state index contributed by atoms with van der Waals surface area (Å²) >= 11 is 3.45. The van der Waals surface area contributed by atoms with E-state index in [0.717, 1.165) is 18.4 Å². The van der Waals surface area contributed by atoms with Gasteiger partial charge in [-0.05, 0) is 33.4 Å². The highest BCUT2D eigenvalue weighted by atomic mass is 79.9. The Morgan fingerprint density at radius 3 is 2.00 bits per heavy atom. The average Bonchev–Trinajstić information content (AvgIpc) is 2.21. The number of hydrogen-bond acceptors (Lipinski definition) is 2. The standard InChI is InChI=1S/C13H28BrNO/c1-13(16)12-15(2)11-9-7-5-3-4-6-8-10-14/h13,16H,3-12H2,1-2H3. The van der Waals surface area contributed by atoms with E-state index in [1.807, 2.05) is 6.92 Å². The molecular weight excluding hydrogens is 266 g/mol. The molecule has 0 aliphatic heterocycles. The molecule has 0 aliphatic rings. The minimum atomic E-state index is -0.200. The SMILES string of the molecule is CC(O)CN(C)CCCCCCCCCBr. The molecule has 2 nitrogen and oxygen atoms in total. The molecular formula is C13H28BrNO. The van der Waals surface area contributed by atoms with Crippen molar-refractivity contribution < 1.29 is 5.11 Å². The van der Waals surface area contributed by atoms with Crippen LogP contribution in [-0.2, 0) is 0 Å². The maximum absolute atomic E-state index is 9.20. The van der Waals surface area contributed by atoms with Crippen LogP contribution in [0.25, 0.3) is 0 Å². The largest absolute Gasteiger partial charge is 0.392 e. The van der Waals surface area contributed by atoms with Crippen molar-refractivity contribution in [3.63, 3.8) is 0 Å². The van der Waals surface area contributed by atoms with Gasteiger partial charge in [-0.1, -0.05) is 48.0 Å². The van der Waals surface area contributed by atoms with Crippen LogP contribution in [0.4, 0.5) is 0 Å². The first-order valence-electron chi connectivity index (χ1n) is 6.59. The second-order valence-corrected chi connectivity index (χ2v) is 5.57. The van der Waals surface area contributed by atoms with Crippen LogP contribution in [0.15, 0.2) is 0 Å². The van der Waals surface area contributed by atoms with E-state index in [2.05, 4.69) is 27.9 Å². The van der Waals surface area contributed by atoms with Gasteiger partial charge >= 0.3 is 0 Å². The molecule has 0 aromatic heterocycles. The monoisotopic (exact) mass is 293 g/mol. The van der Waals surface area contributed by atoms with E-state index in [4.69, 9.17) is 0 Å². The third kappa shape index (κ3) is 12.5. The zero-order valence-electron chi connectivity index (χ0n) is 10.9. The molecule has 0 saturated heterocycles. The second-order valence-electron chi connectivity index (χ2n) is 4.78. The highest BCUT2D eigenvalue weighted by Gasteiger charge is 2.01. The second kappa shape index (κ2) is 11.9. The zero-order chi connectivity index (χ0) is 12.2. The minimum Gasteiger partial charge on any atom is -0.392 e. The highest BCUT2D eigenvalue weighted by molar-refractivity contribution is 9.09. The Bertz CT molecular complexity index is 142. The molecule has 1 atom stereocenters. The lowest BCUT2D eigenvalue weighted by atomic mass is 10.1. The van der Waals surface area contributed by atoms with Crippen LogP contribution in [0.1, 0.15) is 51.9 Å². The summed E-state index contributed by atoms with van der Waals surface area (Å²) in [7, 11) is 2.09. The van der Waals surface area contributed by atoms with Gasteiger partial charge in [-0.2, -0.15) is 0 Å². The number of rotatable bonds is 11. The number of halogens is 1. The highest BCUT2D eigenvalue weighted by Crippen LogP contribution is 2.08. The van der Waals surface area contributed by atoms with Gasteiger partial charge in [0.05, 0.1) is 6.10 Å². The number of nitrogens with zero attached hydrogens (tertiary/aromatic N) is 1. The van der Waals surface area contributed by atoms with E-state index in [9.17, 15) is 5.11 Å². The number of aliphatic hydroxyl groups is 1. The van der Waals surface area contributed by atoms with Gasteiger partial charge in [0.1, 0.15) is 0 Å². The summed E-state index contributed by atoms with van der Waals surface area (Å²) in [5, 5.41) is 10.4. The fourth-order valence-corrected chi connectivity index (χ4v) is 2.30. The van der Waals surface area contributed by atoms with Crippen molar-refractivity contribution in [2.24, 2.45) is 0 Å². The number of alkyl halides is 1.